The molecule has 2 rings (SSSR count). The van der Waals surface area contributed by atoms with E-state index < -0.39 is 0 Å². The summed E-state index contributed by atoms with van der Waals surface area (Å²) >= 11 is 12.2. The first kappa shape index (κ1) is 16.1. The smallest absolute Gasteiger partial charge is 0.224 e. The largest absolute Gasteiger partial charge is 0.343 e. The number of carbonyl (C=O) groups excluding carboxylic acids is 1. The van der Waals surface area contributed by atoms with Gasteiger partial charge in [-0.05, 0) is 26.0 Å². The van der Waals surface area contributed by atoms with E-state index in [1.165, 1.54) is 0 Å². The van der Waals surface area contributed by atoms with Crippen LogP contribution < -0.4 is 0 Å². The Morgan fingerprint density at radius 1 is 1.33 bits per heavy atom. The van der Waals surface area contributed by atoms with Crippen molar-refractivity contribution in [1.29, 1.82) is 0 Å². The van der Waals surface area contributed by atoms with Crippen LogP contribution in [0.5, 0.6) is 0 Å². The van der Waals surface area contributed by atoms with E-state index in [1.54, 1.807) is 0 Å². The number of halogens is 2. The van der Waals surface area contributed by atoms with Crippen molar-refractivity contribution in [3.63, 3.8) is 0 Å². The van der Waals surface area contributed by atoms with Crippen LogP contribution in [0, 0.1) is 0 Å². The molecule has 0 aliphatic heterocycles. The van der Waals surface area contributed by atoms with Crippen LogP contribution in [0.25, 0.3) is 11.0 Å². The van der Waals surface area contributed by atoms with E-state index in [0.717, 1.165) is 29.9 Å². The second-order valence-electron chi connectivity index (χ2n) is 4.74. The first-order chi connectivity index (χ1) is 10.1. The lowest BCUT2D eigenvalue weighted by Gasteiger charge is -2.19. The maximum absolute atomic E-state index is 12.1. The number of hydrogen-bond acceptors (Lipinski definition) is 2. The monoisotopic (exact) mass is 327 g/mol. The summed E-state index contributed by atoms with van der Waals surface area (Å²) in [6.45, 7) is 5.95. The van der Waals surface area contributed by atoms with Crippen LogP contribution in [-0.2, 0) is 17.2 Å². The minimum Gasteiger partial charge on any atom is -0.343 e. The Morgan fingerprint density at radius 3 is 2.67 bits per heavy atom. The summed E-state index contributed by atoms with van der Waals surface area (Å²) in [5, 5.41) is 0.631. The van der Waals surface area contributed by atoms with Crippen molar-refractivity contribution < 1.29 is 4.79 Å². The Morgan fingerprint density at radius 2 is 2.05 bits per heavy atom. The van der Waals surface area contributed by atoms with Gasteiger partial charge in [0.15, 0.2) is 0 Å². The molecule has 0 atom stereocenters. The maximum Gasteiger partial charge on any atom is 0.224 e. The predicted molar refractivity (Wildman–Crippen MR) is 86.8 cm³/mol. The molecule has 0 saturated heterocycles. The van der Waals surface area contributed by atoms with E-state index in [9.17, 15) is 4.79 Å². The number of carbonyl (C=O) groups is 1. The number of amides is 1. The number of para-hydroxylation sites is 1. The van der Waals surface area contributed by atoms with Gasteiger partial charge in [0.2, 0.25) is 5.91 Å². The Hall–Kier alpha value is -1.26. The molecule has 4 nitrogen and oxygen atoms in total. The van der Waals surface area contributed by atoms with Crippen molar-refractivity contribution in [3.05, 3.63) is 29.0 Å². The summed E-state index contributed by atoms with van der Waals surface area (Å²) in [6, 6.07) is 5.59. The minimum atomic E-state index is 0.134. The molecular weight excluding hydrogens is 309 g/mol. The lowest BCUT2D eigenvalue weighted by Crippen LogP contribution is -2.31. The normalized spacial score (nSPS) is 11.0. The molecule has 1 aromatic carbocycles. The molecule has 1 aromatic heterocycles. The van der Waals surface area contributed by atoms with Gasteiger partial charge in [0.05, 0.1) is 21.9 Å². The van der Waals surface area contributed by atoms with Crippen LogP contribution in [0.1, 0.15) is 26.1 Å². The van der Waals surface area contributed by atoms with Gasteiger partial charge in [-0.1, -0.05) is 17.7 Å². The summed E-state index contributed by atoms with van der Waals surface area (Å²) < 4.78 is 1.95. The third-order valence-corrected chi connectivity index (χ3v) is 4.13. The summed E-state index contributed by atoms with van der Waals surface area (Å²) in [5.74, 6) is 1.17. The molecular formula is C15H19Cl2N3O. The molecule has 0 N–H and O–H groups in total. The number of rotatable bonds is 6. The Kier molecular flexibility index (Phi) is 5.48. The number of aryl methyl sites for hydroxylation is 1. The lowest BCUT2D eigenvalue weighted by atomic mass is 10.3. The molecule has 114 valence electrons. The number of benzene rings is 1. The summed E-state index contributed by atoms with van der Waals surface area (Å²) in [4.78, 5) is 18.4. The van der Waals surface area contributed by atoms with E-state index >= 15 is 0 Å². The second-order valence-corrected chi connectivity index (χ2v) is 5.41. The van der Waals surface area contributed by atoms with E-state index in [4.69, 9.17) is 23.2 Å². The Balaban J connectivity index is 2.27. The van der Waals surface area contributed by atoms with Crippen LogP contribution in [0.4, 0.5) is 0 Å². The van der Waals surface area contributed by atoms with Gasteiger partial charge >= 0.3 is 0 Å². The van der Waals surface area contributed by atoms with Crippen molar-refractivity contribution in [2.75, 3.05) is 13.1 Å². The van der Waals surface area contributed by atoms with Crippen LogP contribution in [0.3, 0.4) is 0 Å². The van der Waals surface area contributed by atoms with Crippen molar-refractivity contribution >= 4 is 40.1 Å². The van der Waals surface area contributed by atoms with Crippen LogP contribution in [-0.4, -0.2) is 33.4 Å². The van der Waals surface area contributed by atoms with Gasteiger partial charge < -0.3 is 9.47 Å². The predicted octanol–water partition coefficient (Wildman–Crippen LogP) is 3.69. The van der Waals surface area contributed by atoms with Gasteiger partial charge in [0, 0.05) is 26.1 Å². The SMILES string of the molecule is CCN(CC)C(=O)CCn1c(CCl)nc2cccc(Cl)c21. The molecule has 0 spiro atoms. The highest BCUT2D eigenvalue weighted by molar-refractivity contribution is 6.35. The third-order valence-electron chi connectivity index (χ3n) is 3.58. The number of imidazole rings is 1. The van der Waals surface area contributed by atoms with Crippen LogP contribution in [0.15, 0.2) is 18.2 Å². The maximum atomic E-state index is 12.1. The zero-order valence-electron chi connectivity index (χ0n) is 12.3. The second kappa shape index (κ2) is 7.14. The van der Waals surface area contributed by atoms with E-state index in [0.29, 0.717) is 23.9 Å². The van der Waals surface area contributed by atoms with Gasteiger partial charge in [-0.15, -0.1) is 11.6 Å². The third kappa shape index (κ3) is 3.33. The number of hydrogen-bond donors (Lipinski definition) is 0. The fraction of sp³-hybridized carbons (Fsp3) is 0.467. The molecule has 0 aliphatic rings. The summed E-state index contributed by atoms with van der Waals surface area (Å²) in [7, 11) is 0. The summed E-state index contributed by atoms with van der Waals surface area (Å²) in [6.07, 6.45) is 0.419. The van der Waals surface area contributed by atoms with Gasteiger partial charge in [0.25, 0.3) is 0 Å². The van der Waals surface area contributed by atoms with Crippen LogP contribution in [0.2, 0.25) is 5.02 Å². The highest BCUT2D eigenvalue weighted by atomic mass is 35.5. The zero-order valence-corrected chi connectivity index (χ0v) is 13.8. The van der Waals surface area contributed by atoms with Crippen molar-refractivity contribution in [2.45, 2.75) is 32.7 Å². The topological polar surface area (TPSA) is 38.1 Å². The van der Waals surface area contributed by atoms with Gasteiger partial charge in [-0.2, -0.15) is 0 Å². The number of nitrogens with zero attached hydrogens (tertiary/aromatic N) is 3. The standard InChI is InChI=1S/C15H19Cl2N3O/c1-3-19(4-2)14(21)8-9-20-13(10-16)18-12-7-5-6-11(17)15(12)20/h5-7H,3-4,8-10H2,1-2H3. The highest BCUT2D eigenvalue weighted by Crippen LogP contribution is 2.25. The first-order valence-corrected chi connectivity index (χ1v) is 8.00. The average Bonchev–Trinajstić information content (AvgIpc) is 2.85. The fourth-order valence-electron chi connectivity index (χ4n) is 2.47. The van der Waals surface area contributed by atoms with E-state index in [-0.39, 0.29) is 5.91 Å². The molecule has 6 heteroatoms. The Labute approximate surface area is 134 Å². The number of alkyl halides is 1. The molecule has 0 saturated carbocycles. The molecule has 0 radical (unpaired) electrons. The van der Waals surface area contributed by atoms with E-state index in [2.05, 4.69) is 4.98 Å². The summed E-state index contributed by atoms with van der Waals surface area (Å²) in [5.41, 5.74) is 1.66. The number of fused-ring (bicyclic) bond motifs is 1. The van der Waals surface area contributed by atoms with Gasteiger partial charge in [-0.3, -0.25) is 4.79 Å². The molecule has 2 aromatic rings. The average molecular weight is 328 g/mol. The molecule has 0 fully saturated rings. The molecule has 21 heavy (non-hydrogen) atoms. The van der Waals surface area contributed by atoms with Crippen molar-refractivity contribution in [1.82, 2.24) is 14.5 Å². The Bertz CT molecular complexity index is 635. The molecule has 1 heterocycles. The fourth-order valence-corrected chi connectivity index (χ4v) is 2.95. The quantitative estimate of drug-likeness (QED) is 0.759. The molecule has 1 amide bonds. The van der Waals surface area contributed by atoms with Crippen molar-refractivity contribution in [2.24, 2.45) is 0 Å². The zero-order chi connectivity index (χ0) is 15.4. The molecule has 0 bridgehead atoms. The van der Waals surface area contributed by atoms with Crippen LogP contribution >= 0.6 is 23.2 Å². The minimum absolute atomic E-state index is 0.134. The molecule has 0 aliphatic carbocycles. The van der Waals surface area contributed by atoms with E-state index in [1.807, 2.05) is 41.5 Å². The van der Waals surface area contributed by atoms with Gasteiger partial charge in [-0.25, -0.2) is 4.98 Å². The lowest BCUT2D eigenvalue weighted by molar-refractivity contribution is -0.131. The van der Waals surface area contributed by atoms with Crippen molar-refractivity contribution in [3.8, 4) is 0 Å². The first-order valence-electron chi connectivity index (χ1n) is 7.09. The number of aromatic nitrogens is 2. The van der Waals surface area contributed by atoms with Gasteiger partial charge in [0.1, 0.15) is 5.82 Å². The highest BCUT2D eigenvalue weighted by Gasteiger charge is 2.15. The molecule has 0 unspecified atom stereocenters.